The topological polar surface area (TPSA) is 61.7 Å². The highest BCUT2D eigenvalue weighted by atomic mass is 79.9. The van der Waals surface area contributed by atoms with Crippen LogP contribution in [0.4, 0.5) is 0 Å². The summed E-state index contributed by atoms with van der Waals surface area (Å²) >= 11 is 3.43. The van der Waals surface area contributed by atoms with Crippen LogP contribution in [0.2, 0.25) is 0 Å². The van der Waals surface area contributed by atoms with E-state index in [9.17, 15) is 0 Å². The second-order valence-electron chi connectivity index (χ2n) is 3.03. The van der Waals surface area contributed by atoms with Crippen LogP contribution in [-0.2, 0) is 7.05 Å². The molecule has 0 saturated heterocycles. The zero-order chi connectivity index (χ0) is 10.3. The van der Waals surface area contributed by atoms with Crippen LogP contribution in [0, 0.1) is 6.92 Å². The number of aromatic nitrogens is 4. The summed E-state index contributed by atoms with van der Waals surface area (Å²) < 4.78 is 4.17. The summed E-state index contributed by atoms with van der Waals surface area (Å²) in [6.07, 6.45) is 3.49. The number of nitrogens with two attached hydrogens (primary N) is 1. The van der Waals surface area contributed by atoms with Crippen LogP contribution in [0.5, 0.6) is 0 Å². The van der Waals surface area contributed by atoms with E-state index in [-0.39, 0.29) is 0 Å². The molecule has 0 aliphatic carbocycles. The fraction of sp³-hybridized carbons (Fsp3) is 0.250. The molecule has 0 radical (unpaired) electrons. The van der Waals surface area contributed by atoms with Gasteiger partial charge in [-0.15, -0.1) is 0 Å². The number of nitrogen functional groups attached to an aromatic ring is 1. The summed E-state index contributed by atoms with van der Waals surface area (Å²) in [5, 5.41) is 4.12. The van der Waals surface area contributed by atoms with Gasteiger partial charge in [-0.3, -0.25) is 4.68 Å². The Morgan fingerprint density at radius 3 is 2.57 bits per heavy atom. The van der Waals surface area contributed by atoms with E-state index < -0.39 is 0 Å². The van der Waals surface area contributed by atoms with Gasteiger partial charge in [0.15, 0.2) is 0 Å². The lowest BCUT2D eigenvalue weighted by atomic mass is 10.3. The molecule has 2 N–H and O–H groups in total. The van der Waals surface area contributed by atoms with E-state index in [0.29, 0.717) is 0 Å². The first-order valence-corrected chi connectivity index (χ1v) is 4.88. The lowest BCUT2D eigenvalue weighted by molar-refractivity contribution is 0.750. The summed E-state index contributed by atoms with van der Waals surface area (Å²) in [6.45, 7) is 1.85. The molecule has 2 heterocycles. The molecule has 2 aromatic rings. The van der Waals surface area contributed by atoms with Crippen molar-refractivity contribution in [2.45, 2.75) is 6.92 Å². The summed E-state index contributed by atoms with van der Waals surface area (Å²) in [5.74, 6) is 6.58. The van der Waals surface area contributed by atoms with E-state index in [1.165, 1.54) is 0 Å². The van der Waals surface area contributed by atoms with Crippen LogP contribution in [-0.4, -0.2) is 19.4 Å². The number of aryl methyl sites for hydroxylation is 2. The van der Waals surface area contributed by atoms with Gasteiger partial charge in [-0.1, -0.05) is 0 Å². The molecular weight excluding hydrogens is 246 g/mol. The molecule has 0 spiro atoms. The van der Waals surface area contributed by atoms with Gasteiger partial charge in [-0.05, 0) is 22.9 Å². The molecule has 0 saturated carbocycles. The molecule has 0 unspecified atom stereocenters. The minimum Gasteiger partial charge on any atom is -0.337 e. The van der Waals surface area contributed by atoms with Crippen molar-refractivity contribution in [3.05, 3.63) is 22.8 Å². The normalized spacial score (nSPS) is 10.8. The molecule has 0 atom stereocenters. The lowest BCUT2D eigenvalue weighted by Gasteiger charge is -2.01. The standard InChI is InChI=1S/C8H10BrN5/c1-5-11-4-7(14(5)10)6-3-12-13(2)8(6)9/h3-4H,10H2,1-2H3. The Labute approximate surface area is 89.6 Å². The summed E-state index contributed by atoms with van der Waals surface area (Å²) in [6, 6.07) is 0. The van der Waals surface area contributed by atoms with Gasteiger partial charge in [-0.25, -0.2) is 9.66 Å². The maximum absolute atomic E-state index is 5.81. The Balaban J connectivity index is 2.60. The van der Waals surface area contributed by atoms with E-state index in [0.717, 1.165) is 21.7 Å². The van der Waals surface area contributed by atoms with Crippen molar-refractivity contribution in [1.29, 1.82) is 0 Å². The van der Waals surface area contributed by atoms with Crippen molar-refractivity contribution in [2.75, 3.05) is 5.84 Å². The van der Waals surface area contributed by atoms with Crippen molar-refractivity contribution >= 4 is 15.9 Å². The zero-order valence-electron chi connectivity index (χ0n) is 7.90. The molecule has 5 nitrogen and oxygen atoms in total. The van der Waals surface area contributed by atoms with Gasteiger partial charge in [-0.2, -0.15) is 5.10 Å². The quantitative estimate of drug-likeness (QED) is 0.776. The number of hydrogen-bond donors (Lipinski definition) is 1. The predicted molar refractivity (Wildman–Crippen MR) is 57.0 cm³/mol. The maximum atomic E-state index is 5.81. The molecule has 2 rings (SSSR count). The molecule has 74 valence electrons. The fourth-order valence-electron chi connectivity index (χ4n) is 1.25. The molecule has 0 fully saturated rings. The van der Waals surface area contributed by atoms with E-state index in [1.54, 1.807) is 21.8 Å². The number of halogens is 1. The molecule has 0 bridgehead atoms. The minimum atomic E-state index is 0.774. The predicted octanol–water partition coefficient (Wildman–Crippen LogP) is 1.07. The van der Waals surface area contributed by atoms with Gasteiger partial charge < -0.3 is 5.84 Å². The van der Waals surface area contributed by atoms with Crippen LogP contribution in [0.3, 0.4) is 0 Å². The average Bonchev–Trinajstić information content (AvgIpc) is 2.63. The van der Waals surface area contributed by atoms with Gasteiger partial charge in [0.05, 0.1) is 23.7 Å². The van der Waals surface area contributed by atoms with Crippen LogP contribution >= 0.6 is 15.9 Å². The van der Waals surface area contributed by atoms with Gasteiger partial charge in [0, 0.05) is 7.05 Å². The number of hydrogen-bond acceptors (Lipinski definition) is 3. The zero-order valence-corrected chi connectivity index (χ0v) is 9.48. The summed E-state index contributed by atoms with van der Waals surface area (Å²) in [5.41, 5.74) is 1.79. The summed E-state index contributed by atoms with van der Waals surface area (Å²) in [7, 11) is 1.86. The molecule has 14 heavy (non-hydrogen) atoms. The van der Waals surface area contributed by atoms with Crippen molar-refractivity contribution in [3.63, 3.8) is 0 Å². The fourth-order valence-corrected chi connectivity index (χ4v) is 1.64. The van der Waals surface area contributed by atoms with Crippen LogP contribution in [0.25, 0.3) is 11.3 Å². The first-order valence-electron chi connectivity index (χ1n) is 4.08. The Hall–Kier alpha value is -1.30. The van der Waals surface area contributed by atoms with Gasteiger partial charge >= 0.3 is 0 Å². The average molecular weight is 256 g/mol. The lowest BCUT2D eigenvalue weighted by Crippen LogP contribution is -2.11. The van der Waals surface area contributed by atoms with Crippen molar-refractivity contribution in [3.8, 4) is 11.3 Å². The third-order valence-corrected chi connectivity index (χ3v) is 3.06. The Bertz CT molecular complexity index is 426. The molecule has 0 aliphatic rings. The van der Waals surface area contributed by atoms with Crippen LogP contribution in [0.15, 0.2) is 17.0 Å². The van der Waals surface area contributed by atoms with E-state index in [4.69, 9.17) is 5.84 Å². The highest BCUT2D eigenvalue weighted by molar-refractivity contribution is 9.10. The Kier molecular flexibility index (Phi) is 2.07. The molecule has 6 heteroatoms. The van der Waals surface area contributed by atoms with Gasteiger partial charge in [0.1, 0.15) is 10.4 Å². The van der Waals surface area contributed by atoms with Gasteiger partial charge in [0.2, 0.25) is 0 Å². The van der Waals surface area contributed by atoms with Gasteiger partial charge in [0.25, 0.3) is 0 Å². The van der Waals surface area contributed by atoms with Crippen LogP contribution in [0.1, 0.15) is 5.82 Å². The smallest absolute Gasteiger partial charge is 0.124 e. The van der Waals surface area contributed by atoms with Crippen molar-refractivity contribution in [2.24, 2.45) is 7.05 Å². The van der Waals surface area contributed by atoms with E-state index in [2.05, 4.69) is 26.0 Å². The minimum absolute atomic E-state index is 0.774. The SMILES string of the molecule is Cc1ncc(-c2cnn(C)c2Br)n1N. The number of rotatable bonds is 1. The second-order valence-corrected chi connectivity index (χ2v) is 3.78. The molecule has 0 aliphatic heterocycles. The highest BCUT2D eigenvalue weighted by Gasteiger charge is 2.12. The number of imidazole rings is 1. The first-order chi connectivity index (χ1) is 6.61. The number of nitrogens with zero attached hydrogens (tertiary/aromatic N) is 4. The molecule has 0 amide bonds. The van der Waals surface area contributed by atoms with Crippen molar-refractivity contribution < 1.29 is 0 Å². The third kappa shape index (κ3) is 1.22. The first kappa shape index (κ1) is 9.26. The molecule has 0 aromatic carbocycles. The largest absolute Gasteiger partial charge is 0.337 e. The van der Waals surface area contributed by atoms with Crippen molar-refractivity contribution in [1.82, 2.24) is 19.4 Å². The van der Waals surface area contributed by atoms with E-state index in [1.807, 2.05) is 14.0 Å². The Morgan fingerprint density at radius 1 is 1.43 bits per heavy atom. The van der Waals surface area contributed by atoms with Crippen LogP contribution < -0.4 is 5.84 Å². The molecule has 2 aromatic heterocycles. The third-order valence-electron chi connectivity index (χ3n) is 2.12. The maximum Gasteiger partial charge on any atom is 0.124 e. The monoisotopic (exact) mass is 255 g/mol. The second kappa shape index (κ2) is 3.13. The highest BCUT2D eigenvalue weighted by Crippen LogP contribution is 2.26. The summed E-state index contributed by atoms with van der Waals surface area (Å²) in [4.78, 5) is 4.12. The van der Waals surface area contributed by atoms with E-state index >= 15 is 0 Å². The molecular formula is C8H10BrN5. The Morgan fingerprint density at radius 2 is 2.14 bits per heavy atom.